The molecule has 21 heavy (non-hydrogen) atoms. The van der Waals surface area contributed by atoms with Gasteiger partial charge in [0.1, 0.15) is 5.82 Å². The minimum atomic E-state index is -0.604. The maximum absolute atomic E-state index is 13.8. The standard InChI is InChI=1S/C15H19FN2O3/c1-2-21-15(20)10-4-3-7-18(9-10)14(19)12-8-11(17)5-6-13(12)16/h5-6,8,10H,2-4,7,9,17H2,1H3. The molecule has 0 saturated carbocycles. The summed E-state index contributed by atoms with van der Waals surface area (Å²) in [6, 6.07) is 3.91. The summed E-state index contributed by atoms with van der Waals surface area (Å²) in [6.07, 6.45) is 1.38. The number of piperidine rings is 1. The summed E-state index contributed by atoms with van der Waals surface area (Å²) in [6.45, 7) is 2.81. The number of halogens is 1. The number of likely N-dealkylation sites (tertiary alicyclic amines) is 1. The number of nitrogen functional groups attached to an aromatic ring is 1. The van der Waals surface area contributed by atoms with Crippen molar-refractivity contribution in [1.82, 2.24) is 4.90 Å². The molecule has 0 aliphatic carbocycles. The smallest absolute Gasteiger partial charge is 0.310 e. The van der Waals surface area contributed by atoms with Gasteiger partial charge >= 0.3 is 5.97 Å². The number of carbonyl (C=O) groups is 2. The van der Waals surface area contributed by atoms with Crippen molar-refractivity contribution in [3.05, 3.63) is 29.6 Å². The van der Waals surface area contributed by atoms with Crippen LogP contribution in [0.2, 0.25) is 0 Å². The molecule has 1 aliphatic heterocycles. The molecule has 1 heterocycles. The fourth-order valence-corrected chi connectivity index (χ4v) is 2.49. The summed E-state index contributed by atoms with van der Waals surface area (Å²) < 4.78 is 18.7. The van der Waals surface area contributed by atoms with Crippen molar-refractivity contribution in [3.63, 3.8) is 0 Å². The average Bonchev–Trinajstić information content (AvgIpc) is 2.49. The number of hydrogen-bond donors (Lipinski definition) is 1. The Morgan fingerprint density at radius 2 is 2.24 bits per heavy atom. The van der Waals surface area contributed by atoms with Gasteiger partial charge in [0.2, 0.25) is 0 Å². The van der Waals surface area contributed by atoms with Crippen molar-refractivity contribution in [2.24, 2.45) is 5.92 Å². The molecule has 0 bridgehead atoms. The molecule has 1 amide bonds. The minimum absolute atomic E-state index is 0.0560. The highest BCUT2D eigenvalue weighted by Gasteiger charge is 2.30. The molecule has 6 heteroatoms. The van der Waals surface area contributed by atoms with Gasteiger partial charge in [-0.25, -0.2) is 4.39 Å². The van der Waals surface area contributed by atoms with Crippen molar-refractivity contribution < 1.29 is 18.7 Å². The van der Waals surface area contributed by atoms with Crippen LogP contribution < -0.4 is 5.73 Å². The summed E-state index contributed by atoms with van der Waals surface area (Å²) in [7, 11) is 0. The lowest BCUT2D eigenvalue weighted by Gasteiger charge is -2.31. The third kappa shape index (κ3) is 3.51. The normalized spacial score (nSPS) is 18.4. The first kappa shape index (κ1) is 15.3. The molecule has 5 nitrogen and oxygen atoms in total. The molecule has 1 aromatic carbocycles. The number of benzene rings is 1. The molecule has 2 N–H and O–H groups in total. The predicted molar refractivity (Wildman–Crippen MR) is 76.1 cm³/mol. The van der Waals surface area contributed by atoms with E-state index in [0.29, 0.717) is 31.7 Å². The van der Waals surface area contributed by atoms with Crippen LogP contribution in [0.4, 0.5) is 10.1 Å². The first-order valence-electron chi connectivity index (χ1n) is 7.04. The average molecular weight is 294 g/mol. The third-order valence-electron chi connectivity index (χ3n) is 3.55. The van der Waals surface area contributed by atoms with Crippen LogP contribution in [0.5, 0.6) is 0 Å². The van der Waals surface area contributed by atoms with Crippen LogP contribution in [0, 0.1) is 11.7 Å². The van der Waals surface area contributed by atoms with Gasteiger partial charge in [-0.15, -0.1) is 0 Å². The molecule has 114 valence electrons. The van der Waals surface area contributed by atoms with E-state index in [9.17, 15) is 14.0 Å². The van der Waals surface area contributed by atoms with Crippen molar-refractivity contribution in [1.29, 1.82) is 0 Å². The second-order valence-electron chi connectivity index (χ2n) is 5.08. The molecule has 2 rings (SSSR count). The number of nitrogens with zero attached hydrogens (tertiary/aromatic N) is 1. The van der Waals surface area contributed by atoms with E-state index in [4.69, 9.17) is 10.5 Å². The van der Waals surface area contributed by atoms with Crippen LogP contribution in [0.3, 0.4) is 0 Å². The summed E-state index contributed by atoms with van der Waals surface area (Å²) >= 11 is 0. The fourth-order valence-electron chi connectivity index (χ4n) is 2.49. The molecule has 1 fully saturated rings. The number of nitrogens with two attached hydrogens (primary N) is 1. The molecule has 1 aromatic rings. The lowest BCUT2D eigenvalue weighted by atomic mass is 9.97. The van der Waals surface area contributed by atoms with Crippen LogP contribution in [0.15, 0.2) is 18.2 Å². The molecule has 0 aromatic heterocycles. The highest BCUT2D eigenvalue weighted by Crippen LogP contribution is 2.21. The van der Waals surface area contributed by atoms with E-state index in [1.165, 1.54) is 23.1 Å². The van der Waals surface area contributed by atoms with E-state index in [1.54, 1.807) is 6.92 Å². The number of rotatable bonds is 3. The Hall–Kier alpha value is -2.11. The predicted octanol–water partition coefficient (Wildman–Crippen LogP) is 1.82. The first-order chi connectivity index (χ1) is 10.0. The topological polar surface area (TPSA) is 72.6 Å². The van der Waals surface area contributed by atoms with Gasteiger partial charge in [-0.2, -0.15) is 0 Å². The van der Waals surface area contributed by atoms with Gasteiger partial charge in [0.05, 0.1) is 18.1 Å². The van der Waals surface area contributed by atoms with Crippen LogP contribution >= 0.6 is 0 Å². The van der Waals surface area contributed by atoms with E-state index in [2.05, 4.69) is 0 Å². The highest BCUT2D eigenvalue weighted by atomic mass is 19.1. The monoisotopic (exact) mass is 294 g/mol. The number of hydrogen-bond acceptors (Lipinski definition) is 4. The Morgan fingerprint density at radius 1 is 1.48 bits per heavy atom. The van der Waals surface area contributed by atoms with Gasteiger partial charge in [0, 0.05) is 18.8 Å². The zero-order chi connectivity index (χ0) is 15.4. The number of esters is 1. The van der Waals surface area contributed by atoms with E-state index < -0.39 is 11.7 Å². The SMILES string of the molecule is CCOC(=O)C1CCCN(C(=O)c2cc(N)ccc2F)C1. The third-order valence-corrected chi connectivity index (χ3v) is 3.55. The van der Waals surface area contributed by atoms with Crippen molar-refractivity contribution in [2.75, 3.05) is 25.4 Å². The Bertz CT molecular complexity index is 548. The van der Waals surface area contributed by atoms with E-state index >= 15 is 0 Å². The fraction of sp³-hybridized carbons (Fsp3) is 0.467. The van der Waals surface area contributed by atoms with Gasteiger partial charge in [0.25, 0.3) is 5.91 Å². The van der Waals surface area contributed by atoms with Gasteiger partial charge in [-0.3, -0.25) is 9.59 Å². The summed E-state index contributed by atoms with van der Waals surface area (Å²) in [5, 5.41) is 0. The Kier molecular flexibility index (Phi) is 4.77. The Balaban J connectivity index is 2.12. The molecule has 1 aliphatic rings. The molecule has 1 saturated heterocycles. The van der Waals surface area contributed by atoms with Gasteiger partial charge < -0.3 is 15.4 Å². The zero-order valence-electron chi connectivity index (χ0n) is 12.0. The highest BCUT2D eigenvalue weighted by molar-refractivity contribution is 5.95. The maximum atomic E-state index is 13.8. The van der Waals surface area contributed by atoms with Gasteiger partial charge in [-0.05, 0) is 38.0 Å². The van der Waals surface area contributed by atoms with Crippen LogP contribution in [-0.2, 0) is 9.53 Å². The number of carbonyl (C=O) groups excluding carboxylic acids is 2. The van der Waals surface area contributed by atoms with Gasteiger partial charge in [-0.1, -0.05) is 0 Å². The summed E-state index contributed by atoms with van der Waals surface area (Å²) in [5.41, 5.74) is 5.87. The van der Waals surface area contributed by atoms with Crippen LogP contribution in [0.1, 0.15) is 30.1 Å². The number of amides is 1. The van der Waals surface area contributed by atoms with Gasteiger partial charge in [0.15, 0.2) is 0 Å². The molecule has 0 spiro atoms. The molecule has 0 radical (unpaired) electrons. The zero-order valence-corrected chi connectivity index (χ0v) is 12.0. The number of ether oxygens (including phenoxy) is 1. The summed E-state index contributed by atoms with van der Waals surface area (Å²) in [5.74, 6) is -1.68. The summed E-state index contributed by atoms with van der Waals surface area (Å²) in [4.78, 5) is 25.6. The Morgan fingerprint density at radius 3 is 2.95 bits per heavy atom. The minimum Gasteiger partial charge on any atom is -0.466 e. The first-order valence-corrected chi connectivity index (χ1v) is 7.04. The largest absolute Gasteiger partial charge is 0.466 e. The van der Waals surface area contributed by atoms with Crippen molar-refractivity contribution >= 4 is 17.6 Å². The maximum Gasteiger partial charge on any atom is 0.310 e. The van der Waals surface area contributed by atoms with Crippen LogP contribution in [-0.4, -0.2) is 36.5 Å². The van der Waals surface area contributed by atoms with E-state index in [0.717, 1.165) is 0 Å². The number of anilines is 1. The Labute approximate surface area is 122 Å². The van der Waals surface area contributed by atoms with Crippen molar-refractivity contribution in [3.8, 4) is 0 Å². The quantitative estimate of drug-likeness (QED) is 0.682. The molecule has 1 unspecified atom stereocenters. The van der Waals surface area contributed by atoms with E-state index in [-0.39, 0.29) is 24.0 Å². The molecular formula is C15H19FN2O3. The lowest BCUT2D eigenvalue weighted by molar-refractivity contribution is -0.149. The van der Waals surface area contributed by atoms with Crippen molar-refractivity contribution in [2.45, 2.75) is 19.8 Å². The van der Waals surface area contributed by atoms with Crippen LogP contribution in [0.25, 0.3) is 0 Å². The second-order valence-corrected chi connectivity index (χ2v) is 5.08. The lowest BCUT2D eigenvalue weighted by Crippen LogP contribution is -2.43. The molecule has 1 atom stereocenters. The van der Waals surface area contributed by atoms with E-state index in [1.807, 2.05) is 0 Å². The second kappa shape index (κ2) is 6.56. The molecular weight excluding hydrogens is 275 g/mol.